The first-order valence-electron chi connectivity index (χ1n) is 10.8. The number of hydrogen-bond donors (Lipinski definition) is 0. The van der Waals surface area contributed by atoms with E-state index >= 15 is 0 Å². The average molecular weight is 497 g/mol. The zero-order valence-electron chi connectivity index (χ0n) is 20.1. The lowest BCUT2D eigenvalue weighted by molar-refractivity contribution is 0.0523. The number of methoxy groups -OCH3 is 1. The Hall–Kier alpha value is -2.03. The molecule has 1 aliphatic rings. The standard InChI is InChI=1S/C24H31ClN2O5.H2S/c1-7-31-23(29)16-13-27-18(24(3,4)5)12-15-11-17(32-10-8-9-30-6)22(25)26-19(15)20(27)14(2)21(16)28;/h11,13,18H,7-10,12H2,1-6H3;1H2/t18-;/m0./s1. The van der Waals surface area contributed by atoms with Gasteiger partial charge in [-0.1, -0.05) is 32.4 Å². The predicted octanol–water partition coefficient (Wildman–Crippen LogP) is 4.72. The van der Waals surface area contributed by atoms with Gasteiger partial charge in [-0.15, -0.1) is 0 Å². The summed E-state index contributed by atoms with van der Waals surface area (Å²) in [6.45, 7) is 11.1. The minimum atomic E-state index is -0.611. The smallest absolute Gasteiger partial charge is 0.343 e. The average Bonchev–Trinajstić information content (AvgIpc) is 2.72. The minimum absolute atomic E-state index is 0. The summed E-state index contributed by atoms with van der Waals surface area (Å²) in [5.74, 6) is -0.0917. The number of ether oxygens (including phenoxy) is 3. The van der Waals surface area contributed by atoms with Crippen LogP contribution in [-0.4, -0.2) is 42.5 Å². The van der Waals surface area contributed by atoms with Gasteiger partial charge in [-0.05, 0) is 37.3 Å². The van der Waals surface area contributed by atoms with Crippen LogP contribution in [0.5, 0.6) is 5.75 Å². The third kappa shape index (κ3) is 5.55. The summed E-state index contributed by atoms with van der Waals surface area (Å²) in [6, 6.07) is 1.91. The van der Waals surface area contributed by atoms with Crippen LogP contribution in [0.1, 0.15) is 61.6 Å². The van der Waals surface area contributed by atoms with Gasteiger partial charge in [0.25, 0.3) is 0 Å². The van der Waals surface area contributed by atoms with Crippen LogP contribution < -0.4 is 10.2 Å². The van der Waals surface area contributed by atoms with Crippen molar-refractivity contribution in [1.82, 2.24) is 9.55 Å². The number of esters is 1. The number of hydrogen-bond acceptors (Lipinski definition) is 6. The molecular weight excluding hydrogens is 464 g/mol. The van der Waals surface area contributed by atoms with Crippen molar-refractivity contribution in [3.63, 3.8) is 0 Å². The van der Waals surface area contributed by atoms with Gasteiger partial charge in [0.1, 0.15) is 5.56 Å². The molecule has 33 heavy (non-hydrogen) atoms. The molecule has 0 saturated heterocycles. The molecule has 2 aromatic rings. The zero-order valence-corrected chi connectivity index (χ0v) is 21.8. The molecule has 0 radical (unpaired) electrons. The third-order valence-electron chi connectivity index (χ3n) is 5.71. The van der Waals surface area contributed by atoms with Crippen LogP contribution in [0.15, 0.2) is 17.1 Å². The molecule has 1 atom stereocenters. The Balaban J connectivity index is 0.00000385. The highest BCUT2D eigenvalue weighted by atomic mass is 35.5. The van der Waals surface area contributed by atoms with Gasteiger partial charge in [-0.3, -0.25) is 4.79 Å². The SMILES string of the molecule is CCOC(=O)c1cn2c(c(C)c1=O)-c1nc(Cl)c(OCCCOC)cc1C[C@H]2C(C)(C)C.S. The van der Waals surface area contributed by atoms with E-state index in [1.807, 2.05) is 10.6 Å². The molecule has 0 aromatic carbocycles. The highest BCUT2D eigenvalue weighted by Crippen LogP contribution is 2.44. The second kappa shape index (κ2) is 10.9. The normalized spacial score (nSPS) is 14.7. The van der Waals surface area contributed by atoms with Gasteiger partial charge in [0.05, 0.1) is 24.6 Å². The molecule has 1 aliphatic heterocycles. The highest BCUT2D eigenvalue weighted by Gasteiger charge is 2.36. The van der Waals surface area contributed by atoms with Crippen molar-refractivity contribution in [2.24, 2.45) is 5.41 Å². The first-order chi connectivity index (χ1) is 15.1. The molecule has 0 amide bonds. The molecule has 0 fully saturated rings. The maximum atomic E-state index is 13.1. The molecule has 182 valence electrons. The summed E-state index contributed by atoms with van der Waals surface area (Å²) >= 11 is 6.45. The van der Waals surface area contributed by atoms with Crippen LogP contribution in [0.25, 0.3) is 11.4 Å². The number of aromatic nitrogens is 2. The Labute approximate surface area is 206 Å². The predicted molar refractivity (Wildman–Crippen MR) is 134 cm³/mol. The van der Waals surface area contributed by atoms with Gasteiger partial charge in [0, 0.05) is 37.9 Å². The molecule has 3 heterocycles. The first-order valence-corrected chi connectivity index (χ1v) is 11.2. The monoisotopic (exact) mass is 496 g/mol. The summed E-state index contributed by atoms with van der Waals surface area (Å²) in [5, 5.41) is 0.239. The molecule has 9 heteroatoms. The van der Waals surface area contributed by atoms with E-state index < -0.39 is 5.97 Å². The highest BCUT2D eigenvalue weighted by molar-refractivity contribution is 7.59. The largest absolute Gasteiger partial charge is 0.490 e. The van der Waals surface area contributed by atoms with Crippen molar-refractivity contribution in [3.05, 3.63) is 44.3 Å². The number of rotatable bonds is 7. The number of carbonyl (C=O) groups is 1. The fraction of sp³-hybridized carbons (Fsp3) is 0.542. The van der Waals surface area contributed by atoms with E-state index in [4.69, 9.17) is 25.8 Å². The summed E-state index contributed by atoms with van der Waals surface area (Å²) in [5.41, 5.74) is 2.26. The Kier molecular flexibility index (Phi) is 9.01. The fourth-order valence-electron chi connectivity index (χ4n) is 4.05. The van der Waals surface area contributed by atoms with E-state index in [9.17, 15) is 9.59 Å². The third-order valence-corrected chi connectivity index (χ3v) is 5.98. The second-order valence-electron chi connectivity index (χ2n) is 9.04. The van der Waals surface area contributed by atoms with Crippen molar-refractivity contribution in [2.75, 3.05) is 26.9 Å². The maximum Gasteiger partial charge on any atom is 0.343 e. The molecule has 0 saturated carbocycles. The Morgan fingerprint density at radius 3 is 2.61 bits per heavy atom. The second-order valence-corrected chi connectivity index (χ2v) is 9.40. The van der Waals surface area contributed by atoms with Crippen molar-refractivity contribution < 1.29 is 19.0 Å². The number of pyridine rings is 2. The van der Waals surface area contributed by atoms with E-state index in [1.165, 1.54) is 0 Å². The number of carbonyl (C=O) groups excluding carboxylic acids is 1. The molecule has 3 rings (SSSR count). The van der Waals surface area contributed by atoms with E-state index in [0.717, 1.165) is 12.0 Å². The quantitative estimate of drug-likeness (QED) is 0.313. The van der Waals surface area contributed by atoms with Gasteiger partial charge in [-0.25, -0.2) is 9.78 Å². The summed E-state index contributed by atoms with van der Waals surface area (Å²) in [4.78, 5) is 30.1. The molecule has 7 nitrogen and oxygen atoms in total. The Morgan fingerprint density at radius 2 is 2.00 bits per heavy atom. The molecule has 0 aliphatic carbocycles. The van der Waals surface area contributed by atoms with Crippen LogP contribution in [0.4, 0.5) is 0 Å². The Morgan fingerprint density at radius 1 is 1.30 bits per heavy atom. The van der Waals surface area contributed by atoms with Crippen molar-refractivity contribution in [2.45, 2.75) is 53.5 Å². The number of nitrogens with zero attached hydrogens (tertiary/aromatic N) is 2. The van der Waals surface area contributed by atoms with E-state index in [0.29, 0.717) is 42.3 Å². The number of halogens is 1. The molecule has 2 aromatic heterocycles. The van der Waals surface area contributed by atoms with Gasteiger partial charge in [0.15, 0.2) is 16.3 Å². The van der Waals surface area contributed by atoms with Gasteiger partial charge in [-0.2, -0.15) is 13.5 Å². The zero-order chi connectivity index (χ0) is 23.6. The van der Waals surface area contributed by atoms with E-state index in [2.05, 4.69) is 25.8 Å². The van der Waals surface area contributed by atoms with E-state index in [1.54, 1.807) is 27.2 Å². The number of fused-ring (bicyclic) bond motifs is 3. The molecule has 0 unspecified atom stereocenters. The fourth-order valence-corrected chi connectivity index (χ4v) is 4.25. The summed E-state index contributed by atoms with van der Waals surface area (Å²) < 4.78 is 18.0. The van der Waals surface area contributed by atoms with E-state index in [-0.39, 0.29) is 47.7 Å². The maximum absolute atomic E-state index is 13.1. The van der Waals surface area contributed by atoms with Crippen molar-refractivity contribution >= 4 is 31.1 Å². The van der Waals surface area contributed by atoms with Crippen LogP contribution >= 0.6 is 25.1 Å². The minimum Gasteiger partial charge on any atom is -0.490 e. The molecular formula is C24H33ClN2O5S. The summed E-state index contributed by atoms with van der Waals surface area (Å²) in [6.07, 6.45) is 3.02. The molecule has 0 spiro atoms. The van der Waals surface area contributed by atoms with Crippen molar-refractivity contribution in [1.29, 1.82) is 0 Å². The van der Waals surface area contributed by atoms with Gasteiger partial charge >= 0.3 is 5.97 Å². The lowest BCUT2D eigenvalue weighted by Gasteiger charge is -2.39. The summed E-state index contributed by atoms with van der Waals surface area (Å²) in [7, 11) is 1.65. The molecule has 0 bridgehead atoms. The van der Waals surface area contributed by atoms with Gasteiger partial charge in [0.2, 0.25) is 0 Å². The van der Waals surface area contributed by atoms with Crippen molar-refractivity contribution in [3.8, 4) is 17.1 Å². The molecule has 0 N–H and O–H groups in total. The lowest BCUT2D eigenvalue weighted by atomic mass is 9.79. The van der Waals surface area contributed by atoms with Crippen LogP contribution in [-0.2, 0) is 15.9 Å². The topological polar surface area (TPSA) is 79.7 Å². The van der Waals surface area contributed by atoms with Gasteiger partial charge < -0.3 is 18.8 Å². The lowest BCUT2D eigenvalue weighted by Crippen LogP contribution is -2.34. The van der Waals surface area contributed by atoms with Crippen LogP contribution in [0, 0.1) is 12.3 Å². The van der Waals surface area contributed by atoms with Crippen LogP contribution in [0.2, 0.25) is 5.15 Å². The van der Waals surface area contributed by atoms with Crippen LogP contribution in [0.3, 0.4) is 0 Å². The Bertz CT molecular complexity index is 1080. The first kappa shape index (κ1) is 27.2.